The van der Waals surface area contributed by atoms with Gasteiger partial charge >= 0.3 is 0 Å². The van der Waals surface area contributed by atoms with Gasteiger partial charge in [0.1, 0.15) is 95.5 Å². The lowest BCUT2D eigenvalue weighted by Crippen LogP contribution is -2.56. The van der Waals surface area contributed by atoms with Gasteiger partial charge < -0.3 is 60.6 Å². The van der Waals surface area contributed by atoms with Gasteiger partial charge in [0, 0.05) is 150 Å². The molecule has 680 valence electrons. The lowest BCUT2D eigenvalue weighted by atomic mass is 10.1. The van der Waals surface area contributed by atoms with Crippen molar-refractivity contribution >= 4 is 47.3 Å². The first-order chi connectivity index (χ1) is 61.5. The van der Waals surface area contributed by atoms with Crippen LogP contribution in [0.2, 0.25) is 0 Å². The minimum absolute atomic E-state index is 0.0432. The fraction of sp³-hybridized carbons (Fsp3) is 0.409. The van der Waals surface area contributed by atoms with Gasteiger partial charge in [-0.15, -0.1) is 0 Å². The van der Waals surface area contributed by atoms with E-state index in [1.165, 1.54) is 58.4 Å². The molecule has 16 rings (SSSR count). The van der Waals surface area contributed by atoms with Crippen LogP contribution >= 0.6 is 0 Å². The van der Waals surface area contributed by atoms with Crippen LogP contribution in [0.3, 0.4) is 0 Å². The molecule has 0 spiro atoms. The first-order valence-electron chi connectivity index (χ1n) is 42.4. The number of unbranched alkanes of at least 4 members (excludes halogenated alkanes) is 2. The number of hydrogen-bond acceptors (Lipinski definition) is 20. The summed E-state index contributed by atoms with van der Waals surface area (Å²) in [5.74, 6) is -12.7. The minimum atomic E-state index is -0.981. The summed E-state index contributed by atoms with van der Waals surface area (Å²) < 4.78 is 125. The SMILES string of the molecule is CCCCOc1c2n(cc(C(=O)NCc3ccc(F)cc3F)c1=O)N1CCCCCN(C1)C2=O.CCCCOc1c2n(cc(C(=O)NCc3ccc(F)cc3F)c1=O)N1CCCCCN(C1)C2=O.O=C(NCc1ccc(F)cc1F)c1cn2c(c(O)c1=O)C(=O)N1CCCCCN2C1.O=C(NCc1ccc(F)cc1F)c1cn2c(c(O)c1=O)C(=O)N1CCCCCN2C1. The lowest BCUT2D eigenvalue weighted by molar-refractivity contribution is 0.0662. The van der Waals surface area contributed by atoms with Gasteiger partial charge in [-0.05, 0) is 114 Å². The Morgan fingerprint density at radius 3 is 0.812 bits per heavy atom. The highest BCUT2D eigenvalue weighted by Gasteiger charge is 2.41. The standard InChI is InChI=1S/2C24H28F2N4O4.2C20H20F2N4O4/c2*1-2-3-11-34-22-20-24(33)28-9-5-4-6-10-29(15-28)30(20)14-18(21(22)31)23(32)27-13-16-7-8-17(25)12-19(16)26;2*21-13-5-4-12(15(22)8-13)9-23-19(29)14-10-26-16(18(28)17(14)27)20(30)24-6-2-1-3-7-25(26)11-24/h2*7-8,12,14H,2-6,9-11,13,15H2,1H3,(H,27,32);2*4-5,8,10,28H,1-3,6-7,9,11H2,(H,23,29). The van der Waals surface area contributed by atoms with Crippen LogP contribution in [0.25, 0.3) is 0 Å². The quantitative estimate of drug-likeness (QED) is 0.0309. The van der Waals surface area contributed by atoms with E-state index < -0.39 is 115 Å². The third-order valence-corrected chi connectivity index (χ3v) is 22.8. The summed E-state index contributed by atoms with van der Waals surface area (Å²) in [7, 11) is 0. The highest BCUT2D eigenvalue weighted by molar-refractivity contribution is 6.02. The molecule has 0 saturated carbocycles. The number of rotatable bonds is 20. The molecule has 8 amide bonds. The number of ether oxygens (including phenoxy) is 2. The summed E-state index contributed by atoms with van der Waals surface area (Å²) in [5.41, 5.74) is -4.35. The number of halogens is 8. The van der Waals surface area contributed by atoms with Crippen LogP contribution in [0.4, 0.5) is 35.1 Å². The van der Waals surface area contributed by atoms with E-state index in [1.807, 2.05) is 23.9 Å². The molecule has 8 aliphatic heterocycles. The predicted molar refractivity (Wildman–Crippen MR) is 448 cm³/mol. The summed E-state index contributed by atoms with van der Waals surface area (Å²) in [6.45, 7) is 9.38. The fourth-order valence-corrected chi connectivity index (χ4v) is 15.7. The molecule has 4 aromatic carbocycles. The van der Waals surface area contributed by atoms with E-state index in [4.69, 9.17) is 9.47 Å². The molecule has 0 radical (unpaired) electrons. The van der Waals surface area contributed by atoms with Gasteiger partial charge in [-0.25, -0.2) is 35.1 Å². The number of nitrogens with zero attached hydrogens (tertiary/aromatic N) is 12. The van der Waals surface area contributed by atoms with Gasteiger partial charge in [0.2, 0.25) is 21.7 Å². The summed E-state index contributed by atoms with van der Waals surface area (Å²) in [6.07, 6.45) is 19.0. The molecule has 12 heterocycles. The Morgan fingerprint density at radius 2 is 0.562 bits per heavy atom. The van der Waals surface area contributed by atoms with Crippen LogP contribution in [0, 0.1) is 46.5 Å². The van der Waals surface area contributed by atoms with Crippen LogP contribution < -0.4 is 72.5 Å². The first kappa shape index (κ1) is 92.0. The highest BCUT2D eigenvalue weighted by Crippen LogP contribution is 2.31. The van der Waals surface area contributed by atoms with Crippen molar-refractivity contribution in [3.8, 4) is 23.0 Å². The van der Waals surface area contributed by atoms with E-state index >= 15 is 0 Å². The molecule has 0 unspecified atom stereocenters. The van der Waals surface area contributed by atoms with Gasteiger partial charge in [-0.2, -0.15) is 0 Å². The van der Waals surface area contributed by atoms with Crippen LogP contribution in [-0.4, -0.2) is 188 Å². The molecule has 8 aromatic rings. The number of aromatic nitrogens is 4. The number of benzene rings is 4. The molecule has 6 N–H and O–H groups in total. The number of aromatic hydroxyl groups is 2. The van der Waals surface area contributed by atoms with Gasteiger partial charge in [-0.1, -0.05) is 51.0 Å². The van der Waals surface area contributed by atoms with E-state index in [1.54, 1.807) is 39.0 Å². The smallest absolute Gasteiger partial charge is 0.277 e. The van der Waals surface area contributed by atoms with E-state index in [9.17, 15) is 103 Å². The zero-order chi connectivity index (χ0) is 91.3. The van der Waals surface area contributed by atoms with Crippen LogP contribution in [0.1, 0.15) is 222 Å². The maximum Gasteiger partial charge on any atom is 0.277 e. The molecule has 40 heteroatoms. The van der Waals surface area contributed by atoms with E-state index in [-0.39, 0.29) is 143 Å². The molecule has 128 heavy (non-hydrogen) atoms. The number of nitrogens with one attached hydrogen (secondary N) is 4. The van der Waals surface area contributed by atoms with Gasteiger partial charge in [0.05, 0.1) is 13.2 Å². The average molecular weight is 1790 g/mol. The van der Waals surface area contributed by atoms with Crippen LogP contribution in [-0.2, 0) is 26.2 Å². The molecular weight excluding hydrogens is 1690 g/mol. The largest absolute Gasteiger partial charge is 0.502 e. The zero-order valence-corrected chi connectivity index (χ0v) is 70.3. The number of pyridine rings is 4. The number of amides is 8. The Morgan fingerprint density at radius 1 is 0.328 bits per heavy atom. The Labute approximate surface area is 727 Å². The lowest BCUT2D eigenvalue weighted by Gasteiger charge is -2.41. The molecule has 4 aromatic heterocycles. The molecule has 4 saturated heterocycles. The normalized spacial score (nSPS) is 15.7. The van der Waals surface area contributed by atoms with Gasteiger partial charge in [-0.3, -0.25) is 96.3 Å². The number of carbonyl (C=O) groups excluding carboxylic acids is 8. The molecule has 8 aliphatic rings. The van der Waals surface area contributed by atoms with Crippen molar-refractivity contribution in [2.24, 2.45) is 0 Å². The third-order valence-electron chi connectivity index (χ3n) is 22.8. The van der Waals surface area contributed by atoms with Gasteiger partial charge in [0.15, 0.2) is 45.8 Å². The minimum Gasteiger partial charge on any atom is -0.502 e. The van der Waals surface area contributed by atoms with Gasteiger partial charge in [0.25, 0.3) is 47.3 Å². The van der Waals surface area contributed by atoms with Crippen LogP contribution in [0.15, 0.2) is 117 Å². The van der Waals surface area contributed by atoms with E-state index in [0.717, 1.165) is 126 Å². The topological polar surface area (TPSA) is 358 Å². The monoisotopic (exact) mass is 1780 g/mol. The van der Waals surface area contributed by atoms with Crippen LogP contribution in [0.5, 0.6) is 23.0 Å². The summed E-state index contributed by atoms with van der Waals surface area (Å²) in [5, 5.41) is 38.1. The first-order valence-corrected chi connectivity index (χ1v) is 42.4. The van der Waals surface area contributed by atoms with Crippen molar-refractivity contribution in [1.29, 1.82) is 0 Å². The molecule has 8 bridgehead atoms. The van der Waals surface area contributed by atoms with Crippen molar-refractivity contribution in [3.63, 3.8) is 0 Å². The number of hydrogen-bond donors (Lipinski definition) is 6. The van der Waals surface area contributed by atoms with Crippen molar-refractivity contribution in [3.05, 3.63) is 252 Å². The molecule has 4 fully saturated rings. The summed E-state index contributed by atoms with van der Waals surface area (Å²) in [6, 6.07) is 12.0. The van der Waals surface area contributed by atoms with Crippen molar-refractivity contribution < 1.29 is 93.2 Å². The zero-order valence-electron chi connectivity index (χ0n) is 70.3. The number of fused-ring (bicyclic) bond motifs is 16. The predicted octanol–water partition coefficient (Wildman–Crippen LogP) is 8.14. The Kier molecular flexibility index (Phi) is 29.6. The Balaban J connectivity index is 0.000000146. The molecule has 32 nitrogen and oxygen atoms in total. The molecule has 0 atom stereocenters. The Hall–Kier alpha value is -13.7. The maximum atomic E-state index is 14.0. The highest BCUT2D eigenvalue weighted by atomic mass is 19.2. The second kappa shape index (κ2) is 41.2. The third kappa shape index (κ3) is 20.5. The average Bonchev–Trinajstić information content (AvgIpc) is 0.778. The summed E-state index contributed by atoms with van der Waals surface area (Å²) in [4.78, 5) is 161. The van der Waals surface area contributed by atoms with Crippen molar-refractivity contribution in [2.75, 3.05) is 112 Å². The molecule has 0 aliphatic carbocycles. The van der Waals surface area contributed by atoms with Crippen molar-refractivity contribution in [2.45, 2.75) is 143 Å². The molecular formula is C88H96F8N16O16. The number of carbonyl (C=O) groups is 8. The summed E-state index contributed by atoms with van der Waals surface area (Å²) >= 11 is 0. The maximum absolute atomic E-state index is 14.0. The fourth-order valence-electron chi connectivity index (χ4n) is 15.7. The van der Waals surface area contributed by atoms with E-state index in [2.05, 4.69) is 21.3 Å². The second-order valence-corrected chi connectivity index (χ2v) is 31.7. The van der Waals surface area contributed by atoms with E-state index in [0.29, 0.717) is 90.7 Å². The second-order valence-electron chi connectivity index (χ2n) is 31.7. The van der Waals surface area contributed by atoms with Crippen molar-refractivity contribution in [1.82, 2.24) is 59.6 Å². The Bertz CT molecular complexity index is 5520.